The molecule has 2 unspecified atom stereocenters. The van der Waals surface area contributed by atoms with E-state index in [0.717, 1.165) is 44.9 Å². The molecule has 0 saturated heterocycles. The Morgan fingerprint density at radius 2 is 1.79 bits per heavy atom. The van der Waals surface area contributed by atoms with Gasteiger partial charge < -0.3 is 9.90 Å². The van der Waals surface area contributed by atoms with Gasteiger partial charge in [0.05, 0.1) is 11.7 Å². The average molecular weight is 560 g/mol. The van der Waals surface area contributed by atoms with Gasteiger partial charge in [0.1, 0.15) is 11.9 Å². The summed E-state index contributed by atoms with van der Waals surface area (Å²) >= 11 is 6.33. The zero-order valence-electron chi connectivity index (χ0n) is 26.3. The van der Waals surface area contributed by atoms with Crippen molar-refractivity contribution in [3.05, 3.63) is 11.6 Å². The van der Waals surface area contributed by atoms with Crippen molar-refractivity contribution in [1.82, 2.24) is 0 Å². The van der Waals surface area contributed by atoms with Gasteiger partial charge in [0, 0.05) is 23.1 Å². The second-order valence-electron chi connectivity index (χ2n) is 16.1. The number of ketones is 2. The molecule has 2 fully saturated rings. The number of Topliss-reactive ketones (excluding diaryl/α,β-unsaturated/α-hetero) is 2. The molecule has 39 heavy (non-hydrogen) atoms. The lowest BCUT2D eigenvalue weighted by atomic mass is 9.39. The number of halogens is 1. The Bertz CT molecular complexity index is 1050. The fourth-order valence-corrected chi connectivity index (χ4v) is 9.98. The first kappa shape index (κ1) is 32.3. The van der Waals surface area contributed by atoms with E-state index in [1.165, 1.54) is 0 Å². The van der Waals surface area contributed by atoms with Crippen LogP contribution in [0, 0.1) is 61.6 Å². The molecule has 0 aromatic heterocycles. The summed E-state index contributed by atoms with van der Waals surface area (Å²) in [5, 5.41) is 21.2. The summed E-state index contributed by atoms with van der Waals surface area (Å²) in [4.78, 5) is 26.1. The number of fused-ring (bicyclic) bond motifs is 1. The summed E-state index contributed by atoms with van der Waals surface area (Å²) in [6, 6.07) is 2.20. The first-order valence-electron chi connectivity index (χ1n) is 15.2. The van der Waals surface area contributed by atoms with Crippen molar-refractivity contribution in [2.24, 2.45) is 50.2 Å². The van der Waals surface area contributed by atoms with Crippen molar-refractivity contribution < 1.29 is 14.7 Å². The molecule has 3 aliphatic carbocycles. The summed E-state index contributed by atoms with van der Waals surface area (Å²) in [7, 11) is 0. The Morgan fingerprint density at radius 3 is 2.31 bits per heavy atom. The maximum Gasteiger partial charge on any atom is 0.178 e. The number of carbonyl (C=O) groups excluding carboxylic acids is 2. The standard InChI is InChI=1S/C34H54ClNO3/c1-22-18-29(3,4)13-15-34(22,27(38)20-35)16-14-30(5,6)33(10)12-11-25-31(7,8)28(39)24(21-36)19-32(25,9)26(33)17-23(2)37/h19,22,25-27,38H,11-18,20H2,1-10H3/t22?,25-,26+,27?,32-,33+,34-/m0/s1. The van der Waals surface area contributed by atoms with E-state index >= 15 is 0 Å². The van der Waals surface area contributed by atoms with Gasteiger partial charge in [-0.2, -0.15) is 5.26 Å². The highest BCUT2D eigenvalue weighted by atomic mass is 35.5. The van der Waals surface area contributed by atoms with Gasteiger partial charge in [-0.15, -0.1) is 11.6 Å². The van der Waals surface area contributed by atoms with Crippen LogP contribution in [-0.4, -0.2) is 28.7 Å². The second kappa shape index (κ2) is 10.6. The lowest BCUT2D eigenvalue weighted by molar-refractivity contribution is -0.157. The third-order valence-corrected chi connectivity index (χ3v) is 13.0. The minimum Gasteiger partial charge on any atom is -0.391 e. The van der Waals surface area contributed by atoms with Crippen LogP contribution in [-0.2, 0) is 9.59 Å². The quantitative estimate of drug-likeness (QED) is 0.303. The van der Waals surface area contributed by atoms with E-state index in [9.17, 15) is 20.0 Å². The molecule has 0 aromatic rings. The molecule has 1 N–H and O–H groups in total. The molecule has 0 heterocycles. The van der Waals surface area contributed by atoms with Gasteiger partial charge in [-0.1, -0.05) is 68.4 Å². The van der Waals surface area contributed by atoms with Crippen LogP contribution in [0.2, 0.25) is 0 Å². The number of alkyl halides is 1. The van der Waals surface area contributed by atoms with Crippen LogP contribution in [0.3, 0.4) is 0 Å². The Hall–Kier alpha value is -1.18. The molecule has 0 amide bonds. The zero-order chi connectivity index (χ0) is 29.8. The van der Waals surface area contributed by atoms with E-state index < -0.39 is 16.9 Å². The Morgan fingerprint density at radius 1 is 1.18 bits per heavy atom. The second-order valence-corrected chi connectivity index (χ2v) is 16.4. The number of hydrogen-bond donors (Lipinski definition) is 1. The highest BCUT2D eigenvalue weighted by Gasteiger charge is 2.63. The lowest BCUT2D eigenvalue weighted by Gasteiger charge is -2.64. The first-order valence-corrected chi connectivity index (χ1v) is 15.7. The fraction of sp³-hybridized carbons (Fsp3) is 0.853. The monoisotopic (exact) mass is 559 g/mol. The van der Waals surface area contributed by atoms with Crippen LogP contribution in [0.1, 0.15) is 121 Å². The van der Waals surface area contributed by atoms with Gasteiger partial charge in [0.15, 0.2) is 5.78 Å². The van der Waals surface area contributed by atoms with Gasteiger partial charge >= 0.3 is 0 Å². The SMILES string of the molecule is CC(=O)C[C@@H]1[C@@]2(C)C=C(C#N)C(=O)C(C)(C)[C@@H]2CC[C@@]1(C)C(C)(C)CC[C@@]1(C(O)CCl)CCC(C)(C)CC1C. The molecule has 3 rings (SSSR count). The maximum atomic E-state index is 13.3. The molecule has 5 heteroatoms. The number of rotatable bonds is 8. The summed E-state index contributed by atoms with van der Waals surface area (Å²) in [6.07, 6.45) is 8.62. The Labute approximate surface area is 243 Å². The van der Waals surface area contributed by atoms with E-state index in [4.69, 9.17) is 11.6 Å². The summed E-state index contributed by atoms with van der Waals surface area (Å²) < 4.78 is 0. The van der Waals surface area contributed by atoms with Gasteiger partial charge in [-0.25, -0.2) is 0 Å². The van der Waals surface area contributed by atoms with Crippen LogP contribution in [0.25, 0.3) is 0 Å². The number of allylic oxidation sites excluding steroid dienone is 2. The highest BCUT2D eigenvalue weighted by Crippen LogP contribution is 2.68. The van der Waals surface area contributed by atoms with Crippen LogP contribution in [0.15, 0.2) is 11.6 Å². The minimum absolute atomic E-state index is 0.00332. The van der Waals surface area contributed by atoms with Crippen molar-refractivity contribution in [3.8, 4) is 6.07 Å². The molecule has 0 aromatic carbocycles. The molecular weight excluding hydrogens is 506 g/mol. The summed E-state index contributed by atoms with van der Waals surface area (Å²) in [6.45, 7) is 21.9. The van der Waals surface area contributed by atoms with E-state index in [-0.39, 0.29) is 56.5 Å². The van der Waals surface area contributed by atoms with Crippen molar-refractivity contribution >= 4 is 23.2 Å². The van der Waals surface area contributed by atoms with Crippen LogP contribution in [0.4, 0.5) is 0 Å². The molecule has 7 atom stereocenters. The number of aliphatic hydroxyl groups excluding tert-OH is 1. The predicted octanol–water partition coefficient (Wildman–Crippen LogP) is 8.30. The number of nitriles is 1. The van der Waals surface area contributed by atoms with Crippen LogP contribution >= 0.6 is 11.6 Å². The number of carbonyl (C=O) groups is 2. The van der Waals surface area contributed by atoms with Gasteiger partial charge in [-0.3, -0.25) is 4.79 Å². The van der Waals surface area contributed by atoms with E-state index in [2.05, 4.69) is 54.5 Å². The van der Waals surface area contributed by atoms with Crippen LogP contribution < -0.4 is 0 Å². The number of nitrogens with zero attached hydrogens (tertiary/aromatic N) is 1. The zero-order valence-corrected chi connectivity index (χ0v) is 27.1. The number of aliphatic hydroxyl groups is 1. The van der Waals surface area contributed by atoms with E-state index in [1.54, 1.807) is 6.92 Å². The van der Waals surface area contributed by atoms with Gasteiger partial charge in [0.2, 0.25) is 0 Å². The molecule has 3 aliphatic rings. The van der Waals surface area contributed by atoms with E-state index in [1.807, 2.05) is 19.9 Å². The molecule has 0 bridgehead atoms. The highest BCUT2D eigenvalue weighted by molar-refractivity contribution is 6.18. The molecule has 0 radical (unpaired) electrons. The number of hydrogen-bond acceptors (Lipinski definition) is 4. The molecule has 0 aliphatic heterocycles. The molecule has 4 nitrogen and oxygen atoms in total. The van der Waals surface area contributed by atoms with Gasteiger partial charge in [-0.05, 0) is 91.3 Å². The first-order chi connectivity index (χ1) is 17.7. The predicted molar refractivity (Wildman–Crippen MR) is 159 cm³/mol. The van der Waals surface area contributed by atoms with Crippen molar-refractivity contribution in [3.63, 3.8) is 0 Å². The Kier molecular flexibility index (Phi) is 8.77. The summed E-state index contributed by atoms with van der Waals surface area (Å²) in [5.74, 6) is 0.786. The maximum absolute atomic E-state index is 13.3. The molecule has 220 valence electrons. The van der Waals surface area contributed by atoms with Gasteiger partial charge in [0.25, 0.3) is 0 Å². The third kappa shape index (κ3) is 5.30. The molecule has 0 spiro atoms. The van der Waals surface area contributed by atoms with Crippen molar-refractivity contribution in [2.75, 3.05) is 5.88 Å². The Balaban J connectivity index is 2.04. The fourth-order valence-electron chi connectivity index (χ4n) is 9.68. The molecule has 2 saturated carbocycles. The molecular formula is C34H54ClNO3. The summed E-state index contributed by atoms with van der Waals surface area (Å²) in [5.41, 5.74) is -1.11. The van der Waals surface area contributed by atoms with Crippen molar-refractivity contribution in [2.45, 2.75) is 127 Å². The smallest absolute Gasteiger partial charge is 0.178 e. The normalized spacial score (nSPS) is 38.8. The van der Waals surface area contributed by atoms with Crippen molar-refractivity contribution in [1.29, 1.82) is 5.26 Å². The largest absolute Gasteiger partial charge is 0.391 e. The topological polar surface area (TPSA) is 78.2 Å². The van der Waals surface area contributed by atoms with Crippen LogP contribution in [0.5, 0.6) is 0 Å². The lowest BCUT2D eigenvalue weighted by Crippen LogP contribution is -2.60. The third-order valence-electron chi connectivity index (χ3n) is 12.7. The minimum atomic E-state index is -0.645. The average Bonchev–Trinajstić information content (AvgIpc) is 2.82. The van der Waals surface area contributed by atoms with E-state index in [0.29, 0.717) is 12.3 Å².